The smallest absolute Gasteiger partial charge is 0.267 e. The van der Waals surface area contributed by atoms with Gasteiger partial charge in [-0.3, -0.25) is 9.59 Å². The monoisotopic (exact) mass is 365 g/mol. The number of carbonyl (C=O) groups excluding carboxylic acids is 1. The summed E-state index contributed by atoms with van der Waals surface area (Å²) in [6.07, 6.45) is 1.56. The van der Waals surface area contributed by atoms with E-state index in [9.17, 15) is 14.7 Å². The molecule has 6 heteroatoms. The maximum absolute atomic E-state index is 13.1. The lowest BCUT2D eigenvalue weighted by atomic mass is 10.1. The summed E-state index contributed by atoms with van der Waals surface area (Å²) in [6.45, 7) is 8.14. The molecule has 0 unspecified atom stereocenters. The number of hydrogen-bond acceptors (Lipinski definition) is 4. The Bertz CT molecular complexity index is 1080. The van der Waals surface area contributed by atoms with E-state index in [0.717, 1.165) is 11.1 Å². The van der Waals surface area contributed by atoms with Gasteiger partial charge < -0.3 is 15.0 Å². The van der Waals surface area contributed by atoms with Crippen molar-refractivity contribution in [3.8, 4) is 5.75 Å². The van der Waals surface area contributed by atoms with Crippen LogP contribution < -0.4 is 10.9 Å². The van der Waals surface area contributed by atoms with Crippen LogP contribution >= 0.6 is 0 Å². The molecule has 3 aromatic rings. The quantitative estimate of drug-likeness (QED) is 0.739. The molecule has 2 heterocycles. The van der Waals surface area contributed by atoms with Gasteiger partial charge in [-0.15, -0.1) is 0 Å². The predicted molar refractivity (Wildman–Crippen MR) is 106 cm³/mol. The number of nitrogens with zero attached hydrogens (tertiary/aromatic N) is 2. The van der Waals surface area contributed by atoms with E-state index in [-0.39, 0.29) is 17.2 Å². The highest BCUT2D eigenvalue weighted by molar-refractivity contribution is 6.09. The topological polar surface area (TPSA) is 84.2 Å². The zero-order valence-electron chi connectivity index (χ0n) is 15.9. The van der Waals surface area contributed by atoms with Gasteiger partial charge in [0.15, 0.2) is 0 Å². The minimum atomic E-state index is -0.666. The molecule has 0 atom stereocenters. The minimum Gasteiger partial charge on any atom is -0.506 e. The lowest BCUT2D eigenvalue weighted by Gasteiger charge is -2.17. The second kappa shape index (κ2) is 7.23. The van der Waals surface area contributed by atoms with Gasteiger partial charge in [0.25, 0.3) is 11.5 Å². The second-order valence-electron chi connectivity index (χ2n) is 7.18. The summed E-state index contributed by atoms with van der Waals surface area (Å²) in [5.41, 5.74) is 1.54. The van der Waals surface area contributed by atoms with Gasteiger partial charge >= 0.3 is 0 Å². The van der Waals surface area contributed by atoms with Gasteiger partial charge in [0.1, 0.15) is 17.1 Å². The maximum atomic E-state index is 13.1. The van der Waals surface area contributed by atoms with Crippen molar-refractivity contribution >= 4 is 22.6 Å². The average Bonchev–Trinajstić information content (AvgIpc) is 2.60. The van der Waals surface area contributed by atoms with Crippen LogP contribution in [0.4, 0.5) is 5.82 Å². The third-order valence-electron chi connectivity index (χ3n) is 4.41. The normalized spacial score (nSPS) is 11.1. The van der Waals surface area contributed by atoms with Crippen molar-refractivity contribution in [1.29, 1.82) is 0 Å². The second-order valence-corrected chi connectivity index (χ2v) is 7.18. The van der Waals surface area contributed by atoms with Crippen molar-refractivity contribution in [2.45, 2.75) is 34.2 Å². The van der Waals surface area contributed by atoms with Crippen LogP contribution in [0.5, 0.6) is 5.75 Å². The Morgan fingerprint density at radius 1 is 1.26 bits per heavy atom. The Labute approximate surface area is 157 Å². The predicted octanol–water partition coefficient (Wildman–Crippen LogP) is 3.63. The van der Waals surface area contributed by atoms with E-state index >= 15 is 0 Å². The number of benzene rings is 1. The van der Waals surface area contributed by atoms with Gasteiger partial charge in [-0.25, -0.2) is 4.98 Å². The number of fused-ring (bicyclic) bond motifs is 1. The summed E-state index contributed by atoms with van der Waals surface area (Å²) in [5, 5.41) is 13.9. The summed E-state index contributed by atoms with van der Waals surface area (Å²) >= 11 is 0. The number of carbonyl (C=O) groups is 1. The molecule has 0 radical (unpaired) electrons. The molecule has 0 aliphatic carbocycles. The number of hydrogen-bond donors (Lipinski definition) is 2. The third-order valence-corrected chi connectivity index (χ3v) is 4.41. The van der Waals surface area contributed by atoms with Gasteiger partial charge in [-0.2, -0.15) is 0 Å². The highest BCUT2D eigenvalue weighted by atomic mass is 16.3. The Kier molecular flexibility index (Phi) is 4.99. The molecule has 140 valence electrons. The molecule has 0 saturated heterocycles. The molecule has 0 spiro atoms. The summed E-state index contributed by atoms with van der Waals surface area (Å²) < 4.78 is 1.55. The Hall–Kier alpha value is -3.15. The minimum absolute atomic E-state index is 0.200. The van der Waals surface area contributed by atoms with E-state index in [0.29, 0.717) is 23.3 Å². The zero-order chi connectivity index (χ0) is 19.7. The van der Waals surface area contributed by atoms with Gasteiger partial charge in [-0.1, -0.05) is 31.5 Å². The number of rotatable bonds is 4. The summed E-state index contributed by atoms with van der Waals surface area (Å²) in [7, 11) is 0. The fourth-order valence-corrected chi connectivity index (χ4v) is 3.09. The van der Waals surface area contributed by atoms with Crippen molar-refractivity contribution in [2.75, 3.05) is 5.32 Å². The lowest BCUT2D eigenvalue weighted by molar-refractivity contribution is 0.102. The SMILES string of the molecule is Cc1ccc2c(c1)c(O)c(C(=O)Nc1ncccc1C)c(=O)n2CC(C)C. The fourth-order valence-electron chi connectivity index (χ4n) is 3.09. The molecule has 0 fully saturated rings. The highest BCUT2D eigenvalue weighted by Gasteiger charge is 2.23. The average molecular weight is 365 g/mol. The summed E-state index contributed by atoms with van der Waals surface area (Å²) in [6, 6.07) is 9.04. The number of amides is 1. The Morgan fingerprint density at radius 3 is 2.67 bits per heavy atom. The molecule has 2 N–H and O–H groups in total. The molecule has 3 rings (SSSR count). The molecule has 1 amide bonds. The molecule has 0 bridgehead atoms. The van der Waals surface area contributed by atoms with Crippen LogP contribution in [0.2, 0.25) is 0 Å². The molecule has 1 aromatic carbocycles. The van der Waals surface area contributed by atoms with Crippen LogP contribution in [-0.2, 0) is 6.54 Å². The van der Waals surface area contributed by atoms with Gasteiger partial charge in [-0.05, 0) is 43.5 Å². The highest BCUT2D eigenvalue weighted by Crippen LogP contribution is 2.28. The van der Waals surface area contributed by atoms with Crippen LogP contribution in [0.1, 0.15) is 35.3 Å². The first-order valence-corrected chi connectivity index (χ1v) is 8.88. The van der Waals surface area contributed by atoms with Crippen LogP contribution in [0.25, 0.3) is 10.9 Å². The van der Waals surface area contributed by atoms with Crippen LogP contribution in [0, 0.1) is 19.8 Å². The first-order chi connectivity index (χ1) is 12.8. The van der Waals surface area contributed by atoms with Gasteiger partial charge in [0.2, 0.25) is 0 Å². The molecule has 0 aliphatic heterocycles. The number of aromatic nitrogens is 2. The van der Waals surface area contributed by atoms with Crippen LogP contribution in [0.15, 0.2) is 41.3 Å². The summed E-state index contributed by atoms with van der Waals surface area (Å²) in [4.78, 5) is 30.0. The largest absolute Gasteiger partial charge is 0.506 e. The van der Waals surface area contributed by atoms with E-state index in [1.165, 1.54) is 0 Å². The van der Waals surface area contributed by atoms with Crippen LogP contribution in [0.3, 0.4) is 0 Å². The van der Waals surface area contributed by atoms with Gasteiger partial charge in [0.05, 0.1) is 5.52 Å². The molecular formula is C21H23N3O3. The molecule has 0 aliphatic rings. The molecule has 0 saturated carbocycles. The van der Waals surface area contributed by atoms with E-state index < -0.39 is 11.5 Å². The zero-order valence-corrected chi connectivity index (χ0v) is 15.9. The fraction of sp³-hybridized carbons (Fsp3) is 0.286. The van der Waals surface area contributed by atoms with Crippen molar-refractivity contribution in [2.24, 2.45) is 5.92 Å². The molecular weight excluding hydrogens is 342 g/mol. The van der Waals surface area contributed by atoms with E-state index in [4.69, 9.17) is 0 Å². The number of aromatic hydroxyl groups is 1. The van der Waals surface area contributed by atoms with Crippen molar-refractivity contribution in [3.63, 3.8) is 0 Å². The number of anilines is 1. The lowest BCUT2D eigenvalue weighted by Crippen LogP contribution is -2.31. The van der Waals surface area contributed by atoms with E-state index in [2.05, 4.69) is 10.3 Å². The van der Waals surface area contributed by atoms with E-state index in [1.54, 1.807) is 29.0 Å². The Morgan fingerprint density at radius 2 is 2.00 bits per heavy atom. The first-order valence-electron chi connectivity index (χ1n) is 8.88. The molecule has 6 nitrogen and oxygen atoms in total. The number of aryl methyl sites for hydroxylation is 2. The molecule has 27 heavy (non-hydrogen) atoms. The number of nitrogens with one attached hydrogen (secondary N) is 1. The standard InChI is InChI=1S/C21H23N3O3/c1-12(2)11-24-16-8-7-13(3)10-15(16)18(25)17(21(24)27)20(26)23-19-14(4)6-5-9-22-19/h5-10,12,25H,11H2,1-4H3,(H,22,23,26). The Balaban J connectivity index is 2.21. The van der Waals surface area contributed by atoms with Crippen molar-refractivity contribution in [3.05, 3.63) is 63.6 Å². The van der Waals surface area contributed by atoms with E-state index in [1.807, 2.05) is 39.8 Å². The maximum Gasteiger partial charge on any atom is 0.267 e. The summed E-state index contributed by atoms with van der Waals surface area (Å²) in [5.74, 6) is -0.406. The first kappa shape index (κ1) is 18.6. The van der Waals surface area contributed by atoms with Crippen molar-refractivity contribution in [1.82, 2.24) is 9.55 Å². The number of pyridine rings is 2. The third kappa shape index (κ3) is 3.56. The van der Waals surface area contributed by atoms with Crippen LogP contribution in [-0.4, -0.2) is 20.6 Å². The molecule has 2 aromatic heterocycles. The van der Waals surface area contributed by atoms with Gasteiger partial charge in [0, 0.05) is 18.1 Å². The van der Waals surface area contributed by atoms with Crippen molar-refractivity contribution < 1.29 is 9.90 Å².